The fraction of sp³-hybridized carbons (Fsp3) is 0.750. The van der Waals surface area contributed by atoms with Crippen molar-refractivity contribution in [1.29, 1.82) is 0 Å². The highest BCUT2D eigenvalue weighted by molar-refractivity contribution is 5.76. The third-order valence-corrected chi connectivity index (χ3v) is 4.79. The van der Waals surface area contributed by atoms with Crippen LogP contribution in [0.25, 0.3) is 0 Å². The molecule has 1 saturated carbocycles. The van der Waals surface area contributed by atoms with Gasteiger partial charge in [0.25, 0.3) is 0 Å². The number of H-pyrrole nitrogens is 1. The second-order valence-electron chi connectivity index (χ2n) is 6.42. The summed E-state index contributed by atoms with van der Waals surface area (Å²) in [5.74, 6) is 0.140. The van der Waals surface area contributed by atoms with Crippen molar-refractivity contribution >= 4 is 5.91 Å². The largest absolute Gasteiger partial charge is 0.354 e. The molecule has 1 aromatic heterocycles. The molecule has 2 rings (SSSR count). The number of rotatable bonds is 6. The van der Waals surface area contributed by atoms with Crippen LogP contribution in [-0.4, -0.2) is 47.2 Å². The van der Waals surface area contributed by atoms with Gasteiger partial charge in [-0.1, -0.05) is 25.7 Å². The van der Waals surface area contributed by atoms with Gasteiger partial charge in [0.2, 0.25) is 5.91 Å². The van der Waals surface area contributed by atoms with Gasteiger partial charge < -0.3 is 10.2 Å². The molecular formula is C16H28N4O. The summed E-state index contributed by atoms with van der Waals surface area (Å²) in [6.45, 7) is 0.768. The Labute approximate surface area is 127 Å². The van der Waals surface area contributed by atoms with Crippen LogP contribution in [0, 0.1) is 0 Å². The molecule has 1 aliphatic carbocycles. The molecule has 0 atom stereocenters. The fourth-order valence-electron chi connectivity index (χ4n) is 3.19. The number of hydrogen-bond donors (Lipinski definition) is 2. The number of aryl methyl sites for hydroxylation is 1. The van der Waals surface area contributed by atoms with E-state index in [1.54, 1.807) is 6.20 Å². The first-order valence-corrected chi connectivity index (χ1v) is 8.04. The van der Waals surface area contributed by atoms with E-state index in [1.165, 1.54) is 38.5 Å². The molecule has 0 aromatic carbocycles. The van der Waals surface area contributed by atoms with Crippen LogP contribution >= 0.6 is 0 Å². The van der Waals surface area contributed by atoms with Crippen molar-refractivity contribution in [1.82, 2.24) is 20.4 Å². The molecule has 5 nitrogen and oxygen atoms in total. The molecule has 1 heterocycles. The van der Waals surface area contributed by atoms with Crippen molar-refractivity contribution in [2.24, 2.45) is 0 Å². The lowest BCUT2D eigenvalue weighted by atomic mass is 9.88. The van der Waals surface area contributed by atoms with Gasteiger partial charge in [-0.3, -0.25) is 9.89 Å². The van der Waals surface area contributed by atoms with Crippen molar-refractivity contribution in [2.45, 2.75) is 56.9 Å². The summed E-state index contributed by atoms with van der Waals surface area (Å²) >= 11 is 0. The van der Waals surface area contributed by atoms with Crippen molar-refractivity contribution in [3.63, 3.8) is 0 Å². The lowest BCUT2D eigenvalue weighted by Gasteiger charge is -2.39. The highest BCUT2D eigenvalue weighted by Gasteiger charge is 2.33. The standard InChI is InChI=1S/C16H28N4O/c1-20(2)16(9-5-3-4-6-10-16)13-17-15(21)8-7-14-11-18-19-12-14/h11-12H,3-10,13H2,1-2H3,(H,17,21)(H,18,19). The molecule has 0 unspecified atom stereocenters. The zero-order valence-electron chi connectivity index (χ0n) is 13.3. The minimum atomic E-state index is 0.140. The van der Waals surface area contributed by atoms with Crippen LogP contribution in [0.2, 0.25) is 0 Å². The maximum atomic E-state index is 12.1. The van der Waals surface area contributed by atoms with E-state index in [4.69, 9.17) is 0 Å². The van der Waals surface area contributed by atoms with Gasteiger partial charge in [-0.25, -0.2) is 0 Å². The molecule has 2 N–H and O–H groups in total. The molecular weight excluding hydrogens is 264 g/mol. The second kappa shape index (κ2) is 7.59. The lowest BCUT2D eigenvalue weighted by Crippen LogP contribution is -2.52. The van der Waals surface area contributed by atoms with Crippen LogP contribution in [0.1, 0.15) is 50.5 Å². The second-order valence-corrected chi connectivity index (χ2v) is 6.42. The van der Waals surface area contributed by atoms with Gasteiger partial charge in [0.05, 0.1) is 6.20 Å². The molecule has 0 saturated heterocycles. The summed E-state index contributed by atoms with van der Waals surface area (Å²) in [4.78, 5) is 14.4. The van der Waals surface area contributed by atoms with Crippen LogP contribution in [0.4, 0.5) is 0 Å². The predicted octanol–water partition coefficient (Wildman–Crippen LogP) is 2.11. The molecule has 0 aliphatic heterocycles. The molecule has 1 fully saturated rings. The van der Waals surface area contributed by atoms with Gasteiger partial charge >= 0.3 is 0 Å². The van der Waals surface area contributed by atoms with Gasteiger partial charge in [-0.15, -0.1) is 0 Å². The molecule has 5 heteroatoms. The van der Waals surface area contributed by atoms with Gasteiger partial charge in [-0.05, 0) is 38.9 Å². The number of likely N-dealkylation sites (N-methyl/N-ethyl adjacent to an activating group) is 1. The number of aromatic nitrogens is 2. The molecule has 1 aromatic rings. The van der Waals surface area contributed by atoms with Gasteiger partial charge in [0.1, 0.15) is 0 Å². The monoisotopic (exact) mass is 292 g/mol. The van der Waals surface area contributed by atoms with E-state index >= 15 is 0 Å². The average Bonchev–Trinajstić information content (AvgIpc) is 2.87. The van der Waals surface area contributed by atoms with E-state index in [9.17, 15) is 4.79 Å². The summed E-state index contributed by atoms with van der Waals surface area (Å²) in [6.07, 6.45) is 12.4. The minimum Gasteiger partial charge on any atom is -0.354 e. The summed E-state index contributed by atoms with van der Waals surface area (Å²) < 4.78 is 0. The number of carbonyl (C=O) groups excluding carboxylic acids is 1. The zero-order valence-corrected chi connectivity index (χ0v) is 13.3. The first kappa shape index (κ1) is 16.0. The molecule has 1 aliphatic rings. The first-order chi connectivity index (χ1) is 10.1. The predicted molar refractivity (Wildman–Crippen MR) is 84.0 cm³/mol. The van der Waals surface area contributed by atoms with Gasteiger partial charge in [-0.2, -0.15) is 5.10 Å². The number of carbonyl (C=O) groups is 1. The highest BCUT2D eigenvalue weighted by Crippen LogP contribution is 2.30. The Kier molecular flexibility index (Phi) is 5.79. The van der Waals surface area contributed by atoms with Crippen LogP contribution in [0.3, 0.4) is 0 Å². The van der Waals surface area contributed by atoms with Crippen molar-refractivity contribution in [3.05, 3.63) is 18.0 Å². The third kappa shape index (κ3) is 4.56. The van der Waals surface area contributed by atoms with Crippen LogP contribution in [-0.2, 0) is 11.2 Å². The average molecular weight is 292 g/mol. The van der Waals surface area contributed by atoms with E-state index in [2.05, 4.69) is 34.5 Å². The Hall–Kier alpha value is -1.36. The number of nitrogens with one attached hydrogen (secondary N) is 2. The zero-order chi connectivity index (χ0) is 15.1. The van der Waals surface area contributed by atoms with Crippen LogP contribution in [0.5, 0.6) is 0 Å². The summed E-state index contributed by atoms with van der Waals surface area (Å²) in [6, 6.07) is 0. The Morgan fingerprint density at radius 3 is 2.62 bits per heavy atom. The number of amides is 1. The first-order valence-electron chi connectivity index (χ1n) is 8.04. The van der Waals surface area contributed by atoms with Crippen LogP contribution < -0.4 is 5.32 Å². The molecule has 21 heavy (non-hydrogen) atoms. The van der Waals surface area contributed by atoms with E-state index in [1.807, 2.05) is 6.20 Å². The Morgan fingerprint density at radius 2 is 2.05 bits per heavy atom. The Morgan fingerprint density at radius 1 is 1.33 bits per heavy atom. The Bertz CT molecular complexity index is 419. The van der Waals surface area contributed by atoms with Gasteiger partial charge in [0, 0.05) is 24.7 Å². The van der Waals surface area contributed by atoms with E-state index in [-0.39, 0.29) is 11.4 Å². The molecule has 118 valence electrons. The van der Waals surface area contributed by atoms with Crippen LogP contribution in [0.15, 0.2) is 12.4 Å². The van der Waals surface area contributed by atoms with E-state index < -0.39 is 0 Å². The molecule has 0 radical (unpaired) electrons. The molecule has 0 spiro atoms. The maximum Gasteiger partial charge on any atom is 0.220 e. The third-order valence-electron chi connectivity index (χ3n) is 4.79. The Balaban J connectivity index is 1.82. The van der Waals surface area contributed by atoms with Crippen molar-refractivity contribution in [3.8, 4) is 0 Å². The number of hydrogen-bond acceptors (Lipinski definition) is 3. The normalized spacial score (nSPS) is 18.4. The summed E-state index contributed by atoms with van der Waals surface area (Å²) in [7, 11) is 4.28. The smallest absolute Gasteiger partial charge is 0.220 e. The van der Waals surface area contributed by atoms with Crippen molar-refractivity contribution < 1.29 is 4.79 Å². The highest BCUT2D eigenvalue weighted by atomic mass is 16.1. The quantitative estimate of drug-likeness (QED) is 0.790. The number of nitrogens with zero attached hydrogens (tertiary/aromatic N) is 2. The fourth-order valence-corrected chi connectivity index (χ4v) is 3.19. The van der Waals surface area contributed by atoms with E-state index in [0.29, 0.717) is 6.42 Å². The minimum absolute atomic E-state index is 0.140. The molecule has 1 amide bonds. The topological polar surface area (TPSA) is 61.0 Å². The van der Waals surface area contributed by atoms with E-state index in [0.717, 1.165) is 18.5 Å². The SMILES string of the molecule is CN(C)C1(CNC(=O)CCc2cn[nH]c2)CCCCCC1. The number of aromatic amines is 1. The lowest BCUT2D eigenvalue weighted by molar-refractivity contribution is -0.121. The summed E-state index contributed by atoms with van der Waals surface area (Å²) in [5.41, 5.74) is 1.23. The van der Waals surface area contributed by atoms with Gasteiger partial charge in [0.15, 0.2) is 0 Å². The molecule has 0 bridgehead atoms. The van der Waals surface area contributed by atoms with Crippen molar-refractivity contribution in [2.75, 3.05) is 20.6 Å². The summed E-state index contributed by atoms with van der Waals surface area (Å²) in [5, 5.41) is 9.83. The maximum absolute atomic E-state index is 12.1.